The summed E-state index contributed by atoms with van der Waals surface area (Å²) >= 11 is 0. The minimum absolute atomic E-state index is 0.0659. The summed E-state index contributed by atoms with van der Waals surface area (Å²) in [7, 11) is 1.44. The smallest absolute Gasteiger partial charge is 0.339 e. The van der Waals surface area contributed by atoms with E-state index in [2.05, 4.69) is 37.2 Å². The van der Waals surface area contributed by atoms with Crippen LogP contribution in [-0.4, -0.2) is 22.6 Å². The van der Waals surface area contributed by atoms with E-state index in [1.54, 1.807) is 6.20 Å². The van der Waals surface area contributed by atoms with Crippen molar-refractivity contribution in [3.63, 3.8) is 0 Å². The molecule has 0 unspecified atom stereocenters. The highest BCUT2D eigenvalue weighted by molar-refractivity contribution is 5.91. The van der Waals surface area contributed by atoms with Gasteiger partial charge in [-0.25, -0.2) is 4.79 Å². The van der Waals surface area contributed by atoms with Crippen molar-refractivity contribution < 1.29 is 9.53 Å². The van der Waals surface area contributed by atoms with E-state index in [4.69, 9.17) is 4.74 Å². The summed E-state index contributed by atoms with van der Waals surface area (Å²) < 4.78 is 7.22. The van der Waals surface area contributed by atoms with Crippen molar-refractivity contribution in [1.82, 2.24) is 9.55 Å². The van der Waals surface area contributed by atoms with E-state index in [0.29, 0.717) is 12.1 Å². The molecule has 0 aromatic carbocycles. The summed E-state index contributed by atoms with van der Waals surface area (Å²) in [5.41, 5.74) is 3.77. The van der Waals surface area contributed by atoms with Crippen molar-refractivity contribution in [2.45, 2.75) is 52.5 Å². The van der Waals surface area contributed by atoms with Gasteiger partial charge in [-0.2, -0.15) is 0 Å². The lowest BCUT2D eigenvalue weighted by Crippen LogP contribution is -2.20. The number of aromatic nitrogens is 2. The second-order valence-corrected chi connectivity index (χ2v) is 6.79. The zero-order valence-corrected chi connectivity index (χ0v) is 14.7. The number of ether oxygens (including phenoxy) is 1. The summed E-state index contributed by atoms with van der Waals surface area (Å²) in [5, 5.41) is 0. The van der Waals surface area contributed by atoms with Gasteiger partial charge in [0.1, 0.15) is 0 Å². The molecule has 2 rings (SSSR count). The van der Waals surface area contributed by atoms with Crippen LogP contribution >= 0.6 is 0 Å². The van der Waals surface area contributed by atoms with E-state index in [1.165, 1.54) is 7.11 Å². The molecule has 2 aromatic rings. The maximum Gasteiger partial charge on any atom is 0.339 e. The maximum absolute atomic E-state index is 12.2. The van der Waals surface area contributed by atoms with Gasteiger partial charge in [0, 0.05) is 23.0 Å². The number of rotatable bonds is 5. The fourth-order valence-electron chi connectivity index (χ4n) is 2.84. The predicted molar refractivity (Wildman–Crippen MR) is 91.8 cm³/mol. The Kier molecular flexibility index (Phi) is 5.24. The summed E-state index contributed by atoms with van der Waals surface area (Å²) in [6.45, 7) is 9.27. The van der Waals surface area contributed by atoms with E-state index in [9.17, 15) is 4.79 Å². The average Bonchev–Trinajstić information content (AvgIpc) is 2.87. The first-order valence-corrected chi connectivity index (χ1v) is 8.09. The molecule has 0 amide bonds. The van der Waals surface area contributed by atoms with Crippen LogP contribution in [0.15, 0.2) is 30.5 Å². The lowest BCUT2D eigenvalue weighted by atomic mass is 9.92. The number of nitrogens with zero attached hydrogens (tertiary/aromatic N) is 2. The van der Waals surface area contributed by atoms with Crippen molar-refractivity contribution in [3.05, 3.63) is 53.1 Å². The number of pyridine rings is 1. The Bertz CT molecular complexity index is 667. The highest BCUT2D eigenvalue weighted by atomic mass is 16.5. The molecule has 0 aliphatic carbocycles. The van der Waals surface area contributed by atoms with Crippen LogP contribution in [0.25, 0.3) is 0 Å². The zero-order valence-electron chi connectivity index (χ0n) is 14.7. The Balaban J connectivity index is 2.59. The molecule has 0 radical (unpaired) electrons. The number of esters is 1. The molecule has 0 aliphatic rings. The van der Waals surface area contributed by atoms with E-state index in [0.717, 1.165) is 29.9 Å². The van der Waals surface area contributed by atoms with Gasteiger partial charge in [-0.05, 0) is 24.6 Å². The standard InChI is InChI=1S/C19H26N2O2/c1-6-9-16-15(18(22)23-5)12-17(19(2,3)4)21(16)13-14-10-7-8-11-20-14/h7-8,10-12H,6,9,13H2,1-5H3. The SMILES string of the molecule is CCCc1c(C(=O)OC)cc(C(C)(C)C)n1Cc1ccccn1. The van der Waals surface area contributed by atoms with Crippen LogP contribution in [-0.2, 0) is 23.1 Å². The van der Waals surface area contributed by atoms with Gasteiger partial charge in [-0.1, -0.05) is 40.2 Å². The van der Waals surface area contributed by atoms with E-state index >= 15 is 0 Å². The van der Waals surface area contributed by atoms with Gasteiger partial charge >= 0.3 is 5.97 Å². The summed E-state index contributed by atoms with van der Waals surface area (Å²) in [6, 6.07) is 7.90. The predicted octanol–water partition coefficient (Wildman–Crippen LogP) is 3.97. The molecule has 0 spiro atoms. The highest BCUT2D eigenvalue weighted by Gasteiger charge is 2.26. The van der Waals surface area contributed by atoms with Crippen molar-refractivity contribution in [3.8, 4) is 0 Å². The summed E-state index contributed by atoms with van der Waals surface area (Å²) in [4.78, 5) is 16.6. The molecule has 2 heterocycles. The van der Waals surface area contributed by atoms with Crippen LogP contribution in [0.2, 0.25) is 0 Å². The van der Waals surface area contributed by atoms with E-state index in [1.807, 2.05) is 24.3 Å². The molecule has 0 atom stereocenters. The molecule has 0 N–H and O–H groups in total. The Hall–Kier alpha value is -2.10. The van der Waals surface area contributed by atoms with Crippen LogP contribution < -0.4 is 0 Å². The van der Waals surface area contributed by atoms with Crippen LogP contribution in [0.4, 0.5) is 0 Å². The molecule has 0 saturated heterocycles. The Morgan fingerprint density at radius 2 is 2.04 bits per heavy atom. The molecular weight excluding hydrogens is 288 g/mol. The molecule has 0 saturated carbocycles. The van der Waals surface area contributed by atoms with E-state index in [-0.39, 0.29) is 11.4 Å². The van der Waals surface area contributed by atoms with E-state index < -0.39 is 0 Å². The second-order valence-electron chi connectivity index (χ2n) is 6.79. The van der Waals surface area contributed by atoms with Gasteiger partial charge in [0.25, 0.3) is 0 Å². The number of hydrogen-bond donors (Lipinski definition) is 0. The van der Waals surface area contributed by atoms with Gasteiger partial charge in [0.2, 0.25) is 0 Å². The maximum atomic E-state index is 12.2. The third-order valence-electron chi connectivity index (χ3n) is 3.92. The number of hydrogen-bond acceptors (Lipinski definition) is 3. The Labute approximate surface area is 138 Å². The fourth-order valence-corrected chi connectivity index (χ4v) is 2.84. The lowest BCUT2D eigenvalue weighted by Gasteiger charge is -2.23. The minimum Gasteiger partial charge on any atom is -0.465 e. The first-order valence-electron chi connectivity index (χ1n) is 8.09. The number of carbonyl (C=O) groups is 1. The van der Waals surface area contributed by atoms with Crippen molar-refractivity contribution in [2.75, 3.05) is 7.11 Å². The van der Waals surface area contributed by atoms with Crippen molar-refractivity contribution in [1.29, 1.82) is 0 Å². The molecule has 124 valence electrons. The van der Waals surface area contributed by atoms with Crippen LogP contribution in [0.5, 0.6) is 0 Å². The van der Waals surface area contributed by atoms with Gasteiger partial charge in [0.05, 0.1) is 24.9 Å². The van der Waals surface area contributed by atoms with Gasteiger partial charge in [-0.3, -0.25) is 4.98 Å². The first kappa shape index (κ1) is 17.3. The monoisotopic (exact) mass is 314 g/mol. The molecule has 4 nitrogen and oxygen atoms in total. The summed E-state index contributed by atoms with van der Waals surface area (Å²) in [6.07, 6.45) is 3.61. The molecule has 2 aromatic heterocycles. The van der Waals surface area contributed by atoms with Gasteiger partial charge < -0.3 is 9.30 Å². The average molecular weight is 314 g/mol. The first-order chi connectivity index (χ1) is 10.9. The Morgan fingerprint density at radius 3 is 2.57 bits per heavy atom. The van der Waals surface area contributed by atoms with Crippen molar-refractivity contribution in [2.24, 2.45) is 0 Å². The molecule has 0 aliphatic heterocycles. The summed E-state index contributed by atoms with van der Waals surface area (Å²) in [5.74, 6) is -0.265. The number of methoxy groups -OCH3 is 1. The third-order valence-corrected chi connectivity index (χ3v) is 3.92. The van der Waals surface area contributed by atoms with Gasteiger partial charge in [-0.15, -0.1) is 0 Å². The van der Waals surface area contributed by atoms with Crippen LogP contribution in [0, 0.1) is 0 Å². The number of carbonyl (C=O) groups excluding carboxylic acids is 1. The molecule has 23 heavy (non-hydrogen) atoms. The normalized spacial score (nSPS) is 11.5. The molecular formula is C19H26N2O2. The van der Waals surface area contributed by atoms with Crippen molar-refractivity contribution >= 4 is 5.97 Å². The molecule has 4 heteroatoms. The van der Waals surface area contributed by atoms with Gasteiger partial charge in [0.15, 0.2) is 0 Å². The topological polar surface area (TPSA) is 44.1 Å². The van der Waals surface area contributed by atoms with Crippen LogP contribution in [0.1, 0.15) is 61.6 Å². The molecule has 0 bridgehead atoms. The largest absolute Gasteiger partial charge is 0.465 e. The zero-order chi connectivity index (χ0) is 17.0. The fraction of sp³-hybridized carbons (Fsp3) is 0.474. The lowest BCUT2D eigenvalue weighted by molar-refractivity contribution is 0.0599. The van der Waals surface area contributed by atoms with Crippen LogP contribution in [0.3, 0.4) is 0 Å². The highest BCUT2D eigenvalue weighted by Crippen LogP contribution is 2.29. The second kappa shape index (κ2) is 6.99. The minimum atomic E-state index is -0.265. The quantitative estimate of drug-likeness (QED) is 0.784. The third kappa shape index (κ3) is 3.81. The molecule has 0 fully saturated rings. The Morgan fingerprint density at radius 1 is 1.30 bits per heavy atom.